The number of hydrogen-bond donors (Lipinski definition) is 2. The van der Waals surface area contributed by atoms with Gasteiger partial charge in [0.1, 0.15) is 5.01 Å². The molecular formula is C4H5N3OS2. The predicted molar refractivity (Wildman–Crippen MR) is 40.2 cm³/mol. The third kappa shape index (κ3) is 1.89. The van der Waals surface area contributed by atoms with E-state index in [2.05, 4.69) is 10.2 Å². The number of amides is 1. The molecule has 0 fully saturated rings. The van der Waals surface area contributed by atoms with Crippen LogP contribution in [0.2, 0.25) is 0 Å². The molecule has 0 atom stereocenters. The molecule has 0 aliphatic carbocycles. The Kier molecular flexibility index (Phi) is 2.13. The van der Waals surface area contributed by atoms with Gasteiger partial charge in [0.15, 0.2) is 3.95 Å². The van der Waals surface area contributed by atoms with Gasteiger partial charge >= 0.3 is 0 Å². The molecule has 0 saturated heterocycles. The summed E-state index contributed by atoms with van der Waals surface area (Å²) in [7, 11) is 0. The number of aromatic nitrogens is 2. The van der Waals surface area contributed by atoms with Gasteiger partial charge in [-0.2, -0.15) is 5.10 Å². The van der Waals surface area contributed by atoms with E-state index < -0.39 is 5.91 Å². The molecule has 6 heteroatoms. The lowest BCUT2D eigenvalue weighted by Gasteiger charge is -1.83. The number of nitrogens with one attached hydrogen (secondary N) is 1. The fourth-order valence-corrected chi connectivity index (χ4v) is 1.43. The molecule has 54 valence electrons. The van der Waals surface area contributed by atoms with Gasteiger partial charge < -0.3 is 5.73 Å². The second-order valence-corrected chi connectivity index (χ2v) is 3.40. The van der Waals surface area contributed by atoms with Crippen LogP contribution in [-0.2, 0) is 11.2 Å². The Hall–Kier alpha value is -0.750. The van der Waals surface area contributed by atoms with Crippen molar-refractivity contribution in [1.29, 1.82) is 0 Å². The van der Waals surface area contributed by atoms with Gasteiger partial charge in [-0.05, 0) is 12.2 Å². The number of carbonyl (C=O) groups excluding carboxylic acids is 1. The maximum Gasteiger partial charge on any atom is 0.224 e. The molecule has 1 rings (SSSR count). The molecule has 0 aliphatic rings. The number of rotatable bonds is 2. The average Bonchev–Trinajstić information content (AvgIpc) is 2.13. The highest BCUT2D eigenvalue weighted by molar-refractivity contribution is 7.73. The van der Waals surface area contributed by atoms with Crippen molar-refractivity contribution in [2.24, 2.45) is 5.73 Å². The maximum atomic E-state index is 10.3. The van der Waals surface area contributed by atoms with Crippen LogP contribution < -0.4 is 5.73 Å². The van der Waals surface area contributed by atoms with E-state index in [0.717, 1.165) is 0 Å². The number of hydrogen-bond acceptors (Lipinski definition) is 4. The zero-order chi connectivity index (χ0) is 7.56. The molecule has 1 amide bonds. The van der Waals surface area contributed by atoms with Crippen LogP contribution in [0, 0.1) is 3.95 Å². The van der Waals surface area contributed by atoms with Crippen molar-refractivity contribution in [3.63, 3.8) is 0 Å². The van der Waals surface area contributed by atoms with Crippen LogP contribution in [0.3, 0.4) is 0 Å². The van der Waals surface area contributed by atoms with Gasteiger partial charge in [0, 0.05) is 0 Å². The molecule has 0 aliphatic heterocycles. The summed E-state index contributed by atoms with van der Waals surface area (Å²) in [6, 6.07) is 0. The van der Waals surface area contributed by atoms with Gasteiger partial charge in [0.2, 0.25) is 5.91 Å². The monoisotopic (exact) mass is 175 g/mol. The van der Waals surface area contributed by atoms with Crippen molar-refractivity contribution in [1.82, 2.24) is 10.2 Å². The van der Waals surface area contributed by atoms with Crippen LogP contribution in [0.5, 0.6) is 0 Å². The number of nitrogens with zero attached hydrogens (tertiary/aromatic N) is 1. The maximum absolute atomic E-state index is 10.3. The molecule has 0 spiro atoms. The topological polar surface area (TPSA) is 71.8 Å². The van der Waals surface area contributed by atoms with Crippen LogP contribution in [0.25, 0.3) is 0 Å². The van der Waals surface area contributed by atoms with Gasteiger partial charge in [-0.1, -0.05) is 11.3 Å². The largest absolute Gasteiger partial charge is 0.369 e. The van der Waals surface area contributed by atoms with Crippen molar-refractivity contribution in [2.45, 2.75) is 6.42 Å². The van der Waals surface area contributed by atoms with E-state index in [9.17, 15) is 4.79 Å². The summed E-state index contributed by atoms with van der Waals surface area (Å²) in [5, 5.41) is 6.93. The zero-order valence-corrected chi connectivity index (χ0v) is 6.59. The van der Waals surface area contributed by atoms with Crippen molar-refractivity contribution < 1.29 is 4.79 Å². The summed E-state index contributed by atoms with van der Waals surface area (Å²) in [4.78, 5) is 10.3. The van der Waals surface area contributed by atoms with E-state index in [1.807, 2.05) is 0 Å². The van der Waals surface area contributed by atoms with Crippen LogP contribution >= 0.6 is 23.6 Å². The number of carbonyl (C=O) groups is 1. The summed E-state index contributed by atoms with van der Waals surface area (Å²) in [5.74, 6) is -0.391. The van der Waals surface area contributed by atoms with Gasteiger partial charge in [-0.3, -0.25) is 9.89 Å². The Morgan fingerprint density at radius 2 is 2.60 bits per heavy atom. The first-order valence-electron chi connectivity index (χ1n) is 2.51. The lowest BCUT2D eigenvalue weighted by Crippen LogP contribution is -2.13. The summed E-state index contributed by atoms with van der Waals surface area (Å²) in [6.07, 6.45) is 0.164. The van der Waals surface area contributed by atoms with Gasteiger partial charge in [0.25, 0.3) is 0 Å². The van der Waals surface area contributed by atoms with E-state index in [4.69, 9.17) is 18.0 Å². The van der Waals surface area contributed by atoms with Crippen molar-refractivity contribution in [3.8, 4) is 0 Å². The molecule has 0 saturated carbocycles. The van der Waals surface area contributed by atoms with Crippen LogP contribution in [0.4, 0.5) is 0 Å². The highest BCUT2D eigenvalue weighted by atomic mass is 32.1. The first-order valence-corrected chi connectivity index (χ1v) is 3.73. The second kappa shape index (κ2) is 2.89. The Balaban J connectivity index is 2.76. The molecule has 4 nitrogen and oxygen atoms in total. The number of H-pyrrole nitrogens is 1. The van der Waals surface area contributed by atoms with Crippen LogP contribution in [0.15, 0.2) is 0 Å². The quantitative estimate of drug-likeness (QED) is 0.632. The first kappa shape index (κ1) is 7.36. The van der Waals surface area contributed by atoms with E-state index in [1.54, 1.807) is 0 Å². The molecule has 10 heavy (non-hydrogen) atoms. The Bertz CT molecular complexity index is 289. The third-order valence-electron chi connectivity index (χ3n) is 0.808. The molecule has 1 heterocycles. The molecule has 0 aromatic carbocycles. The van der Waals surface area contributed by atoms with E-state index in [1.165, 1.54) is 11.3 Å². The van der Waals surface area contributed by atoms with Crippen molar-refractivity contribution >= 4 is 29.5 Å². The van der Waals surface area contributed by atoms with Crippen LogP contribution in [-0.4, -0.2) is 16.1 Å². The highest BCUT2D eigenvalue weighted by Gasteiger charge is 2.00. The summed E-state index contributed by atoms with van der Waals surface area (Å²) < 4.78 is 0.566. The average molecular weight is 175 g/mol. The SMILES string of the molecule is NC(=O)Cc1n[nH]c(=S)s1. The fraction of sp³-hybridized carbons (Fsp3) is 0.250. The lowest BCUT2D eigenvalue weighted by molar-refractivity contribution is -0.117. The van der Waals surface area contributed by atoms with E-state index in [-0.39, 0.29) is 6.42 Å². The lowest BCUT2D eigenvalue weighted by atomic mass is 10.4. The molecular weight excluding hydrogens is 170 g/mol. The summed E-state index contributed by atoms with van der Waals surface area (Å²) in [6.45, 7) is 0. The van der Waals surface area contributed by atoms with Gasteiger partial charge in [-0.25, -0.2) is 0 Å². The molecule has 0 unspecified atom stereocenters. The number of nitrogens with two attached hydrogens (primary N) is 1. The minimum Gasteiger partial charge on any atom is -0.369 e. The Morgan fingerprint density at radius 3 is 3.00 bits per heavy atom. The second-order valence-electron chi connectivity index (χ2n) is 1.65. The molecule has 3 N–H and O–H groups in total. The molecule has 0 radical (unpaired) electrons. The van der Waals surface area contributed by atoms with Crippen molar-refractivity contribution in [3.05, 3.63) is 8.96 Å². The first-order chi connectivity index (χ1) is 4.68. The van der Waals surface area contributed by atoms with Crippen molar-refractivity contribution in [2.75, 3.05) is 0 Å². The Morgan fingerprint density at radius 1 is 1.90 bits per heavy atom. The molecule has 0 bridgehead atoms. The zero-order valence-electron chi connectivity index (χ0n) is 4.96. The smallest absolute Gasteiger partial charge is 0.224 e. The molecule has 1 aromatic heterocycles. The van der Waals surface area contributed by atoms with E-state index in [0.29, 0.717) is 8.96 Å². The highest BCUT2D eigenvalue weighted by Crippen LogP contribution is 2.03. The Labute approximate surface area is 66.1 Å². The standard InChI is InChI=1S/C4H5N3OS2/c5-2(8)1-3-6-7-4(9)10-3/h1H2,(H2,5,8)(H,7,9). The summed E-state index contributed by atoms with van der Waals surface area (Å²) >= 11 is 6.00. The van der Waals surface area contributed by atoms with E-state index >= 15 is 0 Å². The van der Waals surface area contributed by atoms with Crippen LogP contribution in [0.1, 0.15) is 5.01 Å². The minimum atomic E-state index is -0.391. The predicted octanol–water partition coefficient (Wildman–Crippen LogP) is 0.228. The van der Waals surface area contributed by atoms with Gasteiger partial charge in [0.05, 0.1) is 6.42 Å². The summed E-state index contributed by atoms with van der Waals surface area (Å²) in [5.41, 5.74) is 4.91. The number of aromatic amines is 1. The number of primary amides is 1. The third-order valence-corrected chi connectivity index (χ3v) is 1.90. The molecule has 1 aromatic rings. The minimum absolute atomic E-state index is 0.164. The fourth-order valence-electron chi connectivity index (χ4n) is 0.485. The normalized spacial score (nSPS) is 9.60. The van der Waals surface area contributed by atoms with Gasteiger partial charge in [-0.15, -0.1) is 0 Å².